The second kappa shape index (κ2) is 2.68. The van der Waals surface area contributed by atoms with Crippen molar-refractivity contribution in [3.05, 3.63) is 11.4 Å². The van der Waals surface area contributed by atoms with Crippen molar-refractivity contribution in [2.75, 3.05) is 13.7 Å². The van der Waals surface area contributed by atoms with Gasteiger partial charge in [0.1, 0.15) is 5.60 Å². The highest BCUT2D eigenvalue weighted by molar-refractivity contribution is 4.78. The van der Waals surface area contributed by atoms with Gasteiger partial charge in [-0.25, -0.2) is 0 Å². The smallest absolute Gasteiger partial charge is 0.371 e. The fourth-order valence-electron chi connectivity index (χ4n) is 0.255. The van der Waals surface area contributed by atoms with Gasteiger partial charge in [0.05, 0.1) is 0 Å². The normalized spacial score (nSPS) is 10.8. The molecule has 0 saturated carbocycles. The summed E-state index contributed by atoms with van der Waals surface area (Å²) >= 11 is 0. The van der Waals surface area contributed by atoms with Crippen LogP contribution < -0.4 is 0 Å². The first-order valence-electron chi connectivity index (χ1n) is 2.51. The SMILES string of the molecule is [C]#[N+]CC(C)(C)OC. The van der Waals surface area contributed by atoms with Gasteiger partial charge < -0.3 is 4.74 Å². The van der Waals surface area contributed by atoms with Crippen molar-refractivity contribution in [3.63, 3.8) is 0 Å². The van der Waals surface area contributed by atoms with Crippen LogP contribution in [0, 0.1) is 6.57 Å². The standard InChI is InChI=1S/C6H11NO/c1-6(2,8-4)5-7-3/h5H2,1-2,4H3/q+1. The Morgan fingerprint density at radius 1 is 1.62 bits per heavy atom. The summed E-state index contributed by atoms with van der Waals surface area (Å²) in [5, 5.41) is 0. The predicted octanol–water partition coefficient (Wildman–Crippen LogP) is 1.33. The summed E-state index contributed by atoms with van der Waals surface area (Å²) in [4.78, 5) is 3.20. The average Bonchev–Trinajstić information content (AvgIpc) is 1.67. The Kier molecular flexibility index (Phi) is 2.50. The third-order valence-electron chi connectivity index (χ3n) is 1.01. The van der Waals surface area contributed by atoms with Crippen molar-refractivity contribution in [1.29, 1.82) is 0 Å². The Morgan fingerprint density at radius 3 is 2.25 bits per heavy atom. The molecule has 0 amide bonds. The molecular formula is C6H11NO+. The Bertz CT molecular complexity index is 102. The van der Waals surface area contributed by atoms with E-state index < -0.39 is 0 Å². The molecular weight excluding hydrogens is 102 g/mol. The first-order chi connectivity index (χ1) is 3.62. The monoisotopic (exact) mass is 113 g/mol. The fraction of sp³-hybridized carbons (Fsp3) is 0.833. The van der Waals surface area contributed by atoms with E-state index in [2.05, 4.69) is 4.85 Å². The largest absolute Gasteiger partial charge is 0.445 e. The minimum Gasteiger partial charge on any atom is -0.371 e. The first-order valence-corrected chi connectivity index (χ1v) is 2.51. The molecule has 0 aromatic heterocycles. The molecule has 0 spiro atoms. The molecule has 0 atom stereocenters. The summed E-state index contributed by atoms with van der Waals surface area (Å²) in [5.41, 5.74) is -0.262. The molecule has 1 radical (unpaired) electrons. The average molecular weight is 113 g/mol. The van der Waals surface area contributed by atoms with Crippen LogP contribution in [0.25, 0.3) is 4.85 Å². The predicted molar refractivity (Wildman–Crippen MR) is 32.6 cm³/mol. The lowest BCUT2D eigenvalue weighted by Gasteiger charge is -2.12. The van der Waals surface area contributed by atoms with Crippen LogP contribution in [0.2, 0.25) is 0 Å². The Morgan fingerprint density at radius 2 is 2.12 bits per heavy atom. The van der Waals surface area contributed by atoms with E-state index in [1.165, 1.54) is 0 Å². The van der Waals surface area contributed by atoms with Gasteiger partial charge in [-0.15, -0.1) is 0 Å². The quantitative estimate of drug-likeness (QED) is 0.526. The fourth-order valence-corrected chi connectivity index (χ4v) is 0.255. The van der Waals surface area contributed by atoms with Gasteiger partial charge in [-0.3, -0.25) is 0 Å². The summed E-state index contributed by atoms with van der Waals surface area (Å²) in [6.45, 7) is 10.7. The van der Waals surface area contributed by atoms with Gasteiger partial charge in [0, 0.05) is 7.11 Å². The summed E-state index contributed by atoms with van der Waals surface area (Å²) < 4.78 is 4.96. The molecule has 2 nitrogen and oxygen atoms in total. The first kappa shape index (κ1) is 7.45. The Hall–Kier alpha value is -0.550. The van der Waals surface area contributed by atoms with Crippen LogP contribution in [-0.2, 0) is 4.74 Å². The molecule has 45 valence electrons. The summed E-state index contributed by atoms with van der Waals surface area (Å²) in [5.74, 6) is 0. The van der Waals surface area contributed by atoms with Crippen molar-refractivity contribution < 1.29 is 4.74 Å². The lowest BCUT2D eigenvalue weighted by Crippen LogP contribution is -2.25. The lowest BCUT2D eigenvalue weighted by atomic mass is 10.1. The van der Waals surface area contributed by atoms with Crippen LogP contribution in [0.4, 0.5) is 0 Å². The molecule has 0 aliphatic carbocycles. The highest BCUT2D eigenvalue weighted by Crippen LogP contribution is 2.06. The second-order valence-electron chi connectivity index (χ2n) is 2.28. The van der Waals surface area contributed by atoms with Crippen LogP contribution in [0.15, 0.2) is 0 Å². The topological polar surface area (TPSA) is 13.6 Å². The highest BCUT2D eigenvalue weighted by atomic mass is 16.5. The van der Waals surface area contributed by atoms with Crippen molar-refractivity contribution in [1.82, 2.24) is 0 Å². The van der Waals surface area contributed by atoms with E-state index in [1.807, 2.05) is 13.8 Å². The van der Waals surface area contributed by atoms with Crippen LogP contribution in [0.1, 0.15) is 13.8 Å². The van der Waals surface area contributed by atoms with Crippen molar-refractivity contribution >= 4 is 0 Å². The third-order valence-corrected chi connectivity index (χ3v) is 1.01. The molecule has 0 aromatic carbocycles. The van der Waals surface area contributed by atoms with Crippen LogP contribution in [0.3, 0.4) is 0 Å². The summed E-state index contributed by atoms with van der Waals surface area (Å²) in [6, 6.07) is 0. The molecule has 0 aromatic rings. The van der Waals surface area contributed by atoms with Gasteiger partial charge in [-0.1, -0.05) is 4.85 Å². The Labute approximate surface area is 50.3 Å². The number of hydrogen-bond acceptors (Lipinski definition) is 1. The zero-order valence-corrected chi connectivity index (χ0v) is 5.56. The third kappa shape index (κ3) is 2.59. The van der Waals surface area contributed by atoms with E-state index in [9.17, 15) is 0 Å². The highest BCUT2D eigenvalue weighted by Gasteiger charge is 2.21. The maximum atomic E-state index is 6.51. The number of rotatable bonds is 2. The molecule has 0 heterocycles. The van der Waals surface area contributed by atoms with E-state index in [-0.39, 0.29) is 5.60 Å². The summed E-state index contributed by atoms with van der Waals surface area (Å²) in [7, 11) is 1.62. The molecule has 0 N–H and O–H groups in total. The number of hydrogen-bond donors (Lipinski definition) is 0. The molecule has 2 heteroatoms. The van der Waals surface area contributed by atoms with Gasteiger partial charge in [0.15, 0.2) is 0 Å². The van der Waals surface area contributed by atoms with Gasteiger partial charge in [-0.05, 0) is 13.8 Å². The number of methoxy groups -OCH3 is 1. The van der Waals surface area contributed by atoms with Crippen molar-refractivity contribution in [2.24, 2.45) is 0 Å². The van der Waals surface area contributed by atoms with Crippen LogP contribution >= 0.6 is 0 Å². The zero-order valence-electron chi connectivity index (χ0n) is 5.56. The van der Waals surface area contributed by atoms with Crippen LogP contribution in [-0.4, -0.2) is 19.3 Å². The van der Waals surface area contributed by atoms with Gasteiger partial charge in [-0.2, -0.15) is 0 Å². The number of ether oxygens (including phenoxy) is 1. The molecule has 0 aliphatic rings. The molecule has 0 fully saturated rings. The molecule has 0 rings (SSSR count). The number of nitrogens with zero attached hydrogens (tertiary/aromatic N) is 1. The molecule has 8 heavy (non-hydrogen) atoms. The molecule has 0 unspecified atom stereocenters. The van der Waals surface area contributed by atoms with E-state index in [1.54, 1.807) is 7.11 Å². The van der Waals surface area contributed by atoms with Gasteiger partial charge >= 0.3 is 6.57 Å². The Balaban J connectivity index is 3.58. The zero-order chi connectivity index (χ0) is 6.62. The molecule has 0 saturated heterocycles. The van der Waals surface area contributed by atoms with Crippen LogP contribution in [0.5, 0.6) is 0 Å². The van der Waals surface area contributed by atoms with Crippen molar-refractivity contribution in [2.45, 2.75) is 19.4 Å². The maximum absolute atomic E-state index is 6.51. The molecule has 0 bridgehead atoms. The van der Waals surface area contributed by atoms with Crippen molar-refractivity contribution in [3.8, 4) is 0 Å². The minimum absolute atomic E-state index is 0.262. The lowest BCUT2D eigenvalue weighted by molar-refractivity contribution is 0.0371. The van der Waals surface area contributed by atoms with E-state index in [4.69, 9.17) is 11.3 Å². The maximum Gasteiger partial charge on any atom is 0.445 e. The van der Waals surface area contributed by atoms with E-state index in [0.717, 1.165) is 0 Å². The van der Waals surface area contributed by atoms with Gasteiger partial charge in [0.2, 0.25) is 0 Å². The van der Waals surface area contributed by atoms with E-state index >= 15 is 0 Å². The van der Waals surface area contributed by atoms with Gasteiger partial charge in [0.25, 0.3) is 6.54 Å². The molecule has 0 aliphatic heterocycles. The minimum atomic E-state index is -0.262. The summed E-state index contributed by atoms with van der Waals surface area (Å²) in [6.07, 6.45) is 0. The second-order valence-corrected chi connectivity index (χ2v) is 2.28. The van der Waals surface area contributed by atoms with E-state index in [0.29, 0.717) is 6.54 Å².